The molecule has 3 unspecified atom stereocenters. The summed E-state index contributed by atoms with van der Waals surface area (Å²) < 4.78 is 61.2. The highest BCUT2D eigenvalue weighted by Gasteiger charge is 2.43. The maximum absolute atomic E-state index is 6.63. The van der Waals surface area contributed by atoms with E-state index < -0.39 is 40.2 Å². The Hall–Kier alpha value is -6.71. The summed E-state index contributed by atoms with van der Waals surface area (Å²) in [7, 11) is -2.54. The second kappa shape index (κ2) is 23.7. The standard InChI is InChI=1S/C57H42B3Br3O9/c61-46-22-34-52(35-23-46)67-55(40-10-4-1-5-11-40)64-49-28-16-43(17-29-49)58-70-59(44-18-30-50(31-19-44)65-56(41-12-6-2-7-13-41)68-53-36-24-47(62)25-37-53)72-60(71-58)45-20-32-51(33-21-45)66-57(42-14-8-3-9-15-42)69-54-38-26-48(63)27-39-54/h1-39,55-57H. The molecule has 354 valence electrons. The van der Waals surface area contributed by atoms with Gasteiger partial charge in [-0.3, -0.25) is 0 Å². The van der Waals surface area contributed by atoms with Crippen molar-refractivity contribution < 1.29 is 42.1 Å². The molecule has 9 aromatic rings. The van der Waals surface area contributed by atoms with Gasteiger partial charge in [0, 0.05) is 30.1 Å². The van der Waals surface area contributed by atoms with E-state index in [2.05, 4.69) is 47.8 Å². The second-order valence-electron chi connectivity index (χ2n) is 16.4. The predicted octanol–water partition coefficient (Wildman–Crippen LogP) is 13.0. The highest BCUT2D eigenvalue weighted by molar-refractivity contribution is 9.11. The number of ether oxygens (including phenoxy) is 6. The van der Waals surface area contributed by atoms with Crippen molar-refractivity contribution >= 4 is 85.5 Å². The van der Waals surface area contributed by atoms with Crippen LogP contribution in [0.15, 0.2) is 250 Å². The van der Waals surface area contributed by atoms with E-state index in [1.54, 1.807) is 0 Å². The highest BCUT2D eigenvalue weighted by Crippen LogP contribution is 2.31. The van der Waals surface area contributed by atoms with E-state index in [1.807, 2.05) is 237 Å². The van der Waals surface area contributed by atoms with Crippen molar-refractivity contribution in [3.8, 4) is 34.5 Å². The summed E-state index contributed by atoms with van der Waals surface area (Å²) in [5.41, 5.74) is 4.82. The van der Waals surface area contributed by atoms with Crippen molar-refractivity contribution in [2.75, 3.05) is 0 Å². The Morgan fingerprint density at radius 3 is 0.653 bits per heavy atom. The van der Waals surface area contributed by atoms with Gasteiger partial charge in [0.25, 0.3) is 18.9 Å². The van der Waals surface area contributed by atoms with Crippen molar-refractivity contribution in [3.63, 3.8) is 0 Å². The topological polar surface area (TPSA) is 83.1 Å². The van der Waals surface area contributed by atoms with Crippen LogP contribution in [-0.2, 0) is 13.7 Å². The van der Waals surface area contributed by atoms with E-state index in [-0.39, 0.29) is 0 Å². The van der Waals surface area contributed by atoms with Crippen LogP contribution >= 0.6 is 47.8 Å². The Labute approximate surface area is 444 Å². The van der Waals surface area contributed by atoms with Gasteiger partial charge in [0.15, 0.2) is 0 Å². The minimum atomic E-state index is -0.845. The van der Waals surface area contributed by atoms with E-state index in [4.69, 9.17) is 42.1 Å². The van der Waals surface area contributed by atoms with E-state index in [0.29, 0.717) is 34.5 Å². The van der Waals surface area contributed by atoms with E-state index in [0.717, 1.165) is 46.5 Å². The van der Waals surface area contributed by atoms with Crippen LogP contribution in [0.4, 0.5) is 0 Å². The Balaban J connectivity index is 0.900. The molecular weight excluding hydrogens is 1100 g/mol. The third-order valence-corrected chi connectivity index (χ3v) is 12.9. The average Bonchev–Trinajstić information content (AvgIpc) is 3.43. The van der Waals surface area contributed by atoms with E-state index in [1.165, 1.54) is 0 Å². The fourth-order valence-corrected chi connectivity index (χ4v) is 8.40. The molecule has 15 heteroatoms. The minimum absolute atomic E-state index is 0.590. The molecule has 0 aliphatic carbocycles. The Kier molecular flexibility index (Phi) is 16.1. The van der Waals surface area contributed by atoms with Gasteiger partial charge in [-0.1, -0.05) is 175 Å². The number of rotatable bonds is 18. The van der Waals surface area contributed by atoms with Gasteiger partial charge in [0.1, 0.15) is 34.5 Å². The van der Waals surface area contributed by atoms with Crippen LogP contribution in [0, 0.1) is 0 Å². The van der Waals surface area contributed by atoms with Crippen molar-refractivity contribution in [1.82, 2.24) is 0 Å². The van der Waals surface area contributed by atoms with Crippen molar-refractivity contribution in [3.05, 3.63) is 267 Å². The smallest absolute Gasteiger partial charge is 0.451 e. The largest absolute Gasteiger partial charge is 0.467 e. The molecule has 1 aliphatic heterocycles. The quantitative estimate of drug-likeness (QED) is 0.0616. The van der Waals surface area contributed by atoms with Crippen molar-refractivity contribution in [1.29, 1.82) is 0 Å². The molecular formula is C57H42B3Br3O9. The summed E-state index contributed by atoms with van der Waals surface area (Å²) in [5, 5.41) is 0. The van der Waals surface area contributed by atoms with Gasteiger partial charge in [-0.2, -0.15) is 0 Å². The molecule has 1 saturated heterocycles. The van der Waals surface area contributed by atoms with Crippen LogP contribution in [0.25, 0.3) is 0 Å². The summed E-state index contributed by atoms with van der Waals surface area (Å²) in [5.74, 6) is 3.77. The first-order chi connectivity index (χ1) is 35.3. The Morgan fingerprint density at radius 1 is 0.250 bits per heavy atom. The van der Waals surface area contributed by atoms with Crippen LogP contribution in [-0.4, -0.2) is 21.4 Å². The first-order valence-corrected chi connectivity index (χ1v) is 25.4. The van der Waals surface area contributed by atoms with Gasteiger partial charge in [-0.15, -0.1) is 0 Å². The maximum atomic E-state index is 6.63. The molecule has 10 rings (SSSR count). The molecule has 0 saturated carbocycles. The average molecular weight is 1140 g/mol. The third-order valence-electron chi connectivity index (χ3n) is 11.3. The van der Waals surface area contributed by atoms with Crippen LogP contribution in [0.1, 0.15) is 35.6 Å². The lowest BCUT2D eigenvalue weighted by Crippen LogP contribution is -2.61. The van der Waals surface area contributed by atoms with Crippen molar-refractivity contribution in [2.24, 2.45) is 0 Å². The summed E-state index contributed by atoms with van der Waals surface area (Å²) in [6, 6.07) is 75.1. The molecule has 9 aromatic carbocycles. The monoisotopic (exact) mass is 1140 g/mol. The number of hydrogen-bond donors (Lipinski definition) is 0. The summed E-state index contributed by atoms with van der Waals surface area (Å²) >= 11 is 10.5. The van der Waals surface area contributed by atoms with Gasteiger partial charge in [-0.05, 0) is 126 Å². The fraction of sp³-hybridized carbons (Fsp3) is 0.0526. The maximum Gasteiger partial charge on any atom is 0.467 e. The van der Waals surface area contributed by atoms with Gasteiger partial charge in [0.2, 0.25) is 0 Å². The molecule has 0 spiro atoms. The lowest BCUT2D eigenvalue weighted by atomic mass is 9.61. The summed E-state index contributed by atoms with van der Waals surface area (Å²) in [4.78, 5) is 0. The SMILES string of the molecule is Brc1ccc(OC(Oc2ccc(B3OB(c4ccc(OC(Oc5ccc(Br)cc5)c5ccccc5)cc4)OB(c4ccc(OC(Oc5ccc(Br)cc5)c5ccccc5)cc4)O3)cc2)c2ccccc2)cc1. The predicted molar refractivity (Wildman–Crippen MR) is 292 cm³/mol. The second-order valence-corrected chi connectivity index (χ2v) is 19.2. The number of halogens is 3. The molecule has 72 heavy (non-hydrogen) atoms. The minimum Gasteiger partial charge on any atom is -0.451 e. The first kappa shape index (κ1) is 48.9. The highest BCUT2D eigenvalue weighted by atomic mass is 79.9. The lowest BCUT2D eigenvalue weighted by molar-refractivity contribution is 0.00354. The third kappa shape index (κ3) is 13.0. The Morgan fingerprint density at radius 2 is 0.444 bits per heavy atom. The summed E-state index contributed by atoms with van der Waals surface area (Å²) in [6.07, 6.45) is -2.15. The first-order valence-electron chi connectivity index (χ1n) is 23.0. The van der Waals surface area contributed by atoms with Crippen LogP contribution < -0.4 is 44.8 Å². The van der Waals surface area contributed by atoms with Gasteiger partial charge in [0.05, 0.1) is 0 Å². The number of hydrogen-bond acceptors (Lipinski definition) is 9. The molecule has 1 fully saturated rings. The Bertz CT molecular complexity index is 2750. The normalized spacial score (nSPS) is 13.6. The molecule has 0 aromatic heterocycles. The van der Waals surface area contributed by atoms with E-state index >= 15 is 0 Å². The van der Waals surface area contributed by atoms with Crippen LogP contribution in [0.5, 0.6) is 34.5 Å². The molecule has 0 N–H and O–H groups in total. The fourth-order valence-electron chi connectivity index (χ4n) is 7.61. The zero-order chi connectivity index (χ0) is 49.1. The zero-order valence-corrected chi connectivity index (χ0v) is 43.0. The van der Waals surface area contributed by atoms with Crippen LogP contribution in [0.3, 0.4) is 0 Å². The zero-order valence-electron chi connectivity index (χ0n) is 38.3. The molecule has 0 radical (unpaired) electrons. The van der Waals surface area contributed by atoms with Gasteiger partial charge >= 0.3 is 21.4 Å². The summed E-state index contributed by atoms with van der Waals surface area (Å²) in [6.45, 7) is 0. The van der Waals surface area contributed by atoms with Crippen LogP contribution in [0.2, 0.25) is 0 Å². The molecule has 0 bridgehead atoms. The molecule has 3 atom stereocenters. The van der Waals surface area contributed by atoms with Crippen molar-refractivity contribution in [2.45, 2.75) is 18.9 Å². The van der Waals surface area contributed by atoms with Gasteiger partial charge < -0.3 is 42.1 Å². The molecule has 9 nitrogen and oxygen atoms in total. The molecule has 1 aliphatic rings. The molecule has 1 heterocycles. The molecule has 0 amide bonds. The van der Waals surface area contributed by atoms with Gasteiger partial charge in [-0.25, -0.2) is 0 Å². The van der Waals surface area contributed by atoms with E-state index in [9.17, 15) is 0 Å². The number of benzene rings is 9. The lowest BCUT2D eigenvalue weighted by Gasteiger charge is -2.32.